The molecule has 218 valence electrons. The molecule has 0 heterocycles. The zero-order chi connectivity index (χ0) is 30.2. The predicted octanol–water partition coefficient (Wildman–Crippen LogP) is 12.2. The molecule has 0 fully saturated rings. The molecule has 1 aromatic rings. The Balaban J connectivity index is -0.000000132. The van der Waals surface area contributed by atoms with Crippen LogP contribution in [0.4, 0.5) is 0 Å². The van der Waals surface area contributed by atoms with E-state index in [4.69, 9.17) is 34.8 Å². The maximum Gasteiger partial charge on any atom is 0.137 e. The number of carbonyl (C=O) groups is 1. The Labute approximate surface area is 247 Å². The van der Waals surface area contributed by atoms with E-state index in [0.717, 1.165) is 30.4 Å². The maximum atomic E-state index is 11.5. The molecule has 0 aliphatic carbocycles. The molecule has 0 amide bonds. The minimum Gasteiger partial charge on any atom is -0.323 e. The van der Waals surface area contributed by atoms with Crippen molar-refractivity contribution in [2.45, 2.75) is 113 Å². The summed E-state index contributed by atoms with van der Waals surface area (Å²) in [6.45, 7) is 25.7. The fraction of sp³-hybridized carbons (Fsp3) is 0.594. The average molecular weight is 579 g/mol. The fourth-order valence-corrected chi connectivity index (χ4v) is 2.54. The van der Waals surface area contributed by atoms with Gasteiger partial charge in [-0.2, -0.15) is 0 Å². The van der Waals surface area contributed by atoms with E-state index in [0.29, 0.717) is 15.1 Å². The number of nitrogens with one attached hydrogen (secondary N) is 1. The molecule has 0 saturated carbocycles. The van der Waals surface area contributed by atoms with Crippen molar-refractivity contribution in [3.05, 3.63) is 69.7 Å². The monoisotopic (exact) mass is 577 g/mol. The zero-order valence-corrected chi connectivity index (χ0v) is 28.1. The number of halogens is 3. The summed E-state index contributed by atoms with van der Waals surface area (Å²) in [5, 5.41) is 4.49. The highest BCUT2D eigenvalue weighted by molar-refractivity contribution is 6.42. The van der Waals surface area contributed by atoms with Crippen molar-refractivity contribution < 1.29 is 4.79 Å². The van der Waals surface area contributed by atoms with E-state index in [2.05, 4.69) is 53.1 Å². The maximum absolute atomic E-state index is 11.5. The zero-order valence-electron chi connectivity index (χ0n) is 25.9. The summed E-state index contributed by atoms with van der Waals surface area (Å²) in [5.41, 5.74) is 1.91. The molecule has 0 aromatic heterocycles. The topological polar surface area (TPSA) is 29.1 Å². The van der Waals surface area contributed by atoms with E-state index < -0.39 is 0 Å². The minimum atomic E-state index is -0.0511. The van der Waals surface area contributed by atoms with Crippen LogP contribution in [0, 0.1) is 0 Å². The number of ketones is 1. The van der Waals surface area contributed by atoms with E-state index in [1.54, 1.807) is 31.2 Å². The van der Waals surface area contributed by atoms with Crippen molar-refractivity contribution >= 4 is 40.6 Å². The normalized spacial score (nSPS) is 10.1. The van der Waals surface area contributed by atoms with Crippen LogP contribution in [-0.2, 0) is 4.79 Å². The largest absolute Gasteiger partial charge is 0.323 e. The average Bonchev–Trinajstić information content (AvgIpc) is 2.90. The summed E-state index contributed by atoms with van der Waals surface area (Å²) in [6, 6.07) is 5.40. The van der Waals surface area contributed by atoms with Crippen LogP contribution in [-0.4, -0.2) is 19.9 Å². The highest BCUT2D eigenvalue weighted by Crippen LogP contribution is 2.29. The van der Waals surface area contributed by atoms with Crippen LogP contribution in [0.25, 0.3) is 0 Å². The molecular formula is C32H58Cl3NO. The van der Waals surface area contributed by atoms with E-state index in [1.807, 2.05) is 40.9 Å². The quantitative estimate of drug-likeness (QED) is 0.295. The Kier molecular flexibility index (Phi) is 45.9. The summed E-state index contributed by atoms with van der Waals surface area (Å²) >= 11 is 17.5. The summed E-state index contributed by atoms with van der Waals surface area (Å²) in [7, 11) is 3.75. The highest BCUT2D eigenvalue weighted by Gasteiger charge is 2.16. The van der Waals surface area contributed by atoms with Crippen LogP contribution in [0.5, 0.6) is 0 Å². The number of hydrogen-bond donors (Lipinski definition) is 1. The van der Waals surface area contributed by atoms with E-state index in [1.165, 1.54) is 25.7 Å². The lowest BCUT2D eigenvalue weighted by molar-refractivity contribution is -0.118. The van der Waals surface area contributed by atoms with Crippen molar-refractivity contribution in [3.63, 3.8) is 0 Å². The molecule has 0 aliphatic heterocycles. The first-order chi connectivity index (χ1) is 17.5. The van der Waals surface area contributed by atoms with Gasteiger partial charge in [0.05, 0.1) is 10.0 Å². The Morgan fingerprint density at radius 3 is 1.62 bits per heavy atom. The molecule has 0 spiro atoms. The molecule has 2 nitrogen and oxygen atoms in total. The SMILES string of the molecule is C=C/C=C(/Cl)C(=C)CC.CC.CCCC.CCCC.CCCC(C(C)=O)c1ccc(Cl)c(Cl)c1.CNC. The predicted molar refractivity (Wildman–Crippen MR) is 176 cm³/mol. The highest BCUT2D eigenvalue weighted by atomic mass is 35.5. The van der Waals surface area contributed by atoms with Gasteiger partial charge in [0.1, 0.15) is 5.78 Å². The molecular weight excluding hydrogens is 521 g/mol. The van der Waals surface area contributed by atoms with Gasteiger partial charge in [0.15, 0.2) is 0 Å². The third kappa shape index (κ3) is 32.9. The first-order valence-electron chi connectivity index (χ1n) is 13.7. The molecule has 0 saturated heterocycles. The van der Waals surface area contributed by atoms with Crippen molar-refractivity contribution in [3.8, 4) is 0 Å². The number of allylic oxidation sites excluding steroid dienone is 4. The van der Waals surface area contributed by atoms with Gasteiger partial charge in [0.2, 0.25) is 0 Å². The third-order valence-corrected chi connectivity index (χ3v) is 5.58. The van der Waals surface area contributed by atoms with Crippen LogP contribution in [0.3, 0.4) is 0 Å². The van der Waals surface area contributed by atoms with Crippen molar-refractivity contribution in [1.82, 2.24) is 5.32 Å². The molecule has 1 atom stereocenters. The lowest BCUT2D eigenvalue weighted by Gasteiger charge is -2.13. The van der Waals surface area contributed by atoms with E-state index >= 15 is 0 Å². The number of hydrogen-bond acceptors (Lipinski definition) is 2. The first kappa shape index (κ1) is 45.8. The number of benzene rings is 1. The molecule has 1 N–H and O–H groups in total. The van der Waals surface area contributed by atoms with E-state index in [-0.39, 0.29) is 11.7 Å². The van der Waals surface area contributed by atoms with Gasteiger partial charge in [0.25, 0.3) is 0 Å². The van der Waals surface area contributed by atoms with Gasteiger partial charge < -0.3 is 5.32 Å². The van der Waals surface area contributed by atoms with Crippen LogP contribution >= 0.6 is 34.8 Å². The van der Waals surface area contributed by atoms with E-state index in [9.17, 15) is 4.79 Å². The molecule has 0 bridgehead atoms. The van der Waals surface area contributed by atoms with Gasteiger partial charge in [-0.05, 0) is 63.2 Å². The van der Waals surface area contributed by atoms with Gasteiger partial charge in [-0.25, -0.2) is 0 Å². The van der Waals surface area contributed by atoms with Crippen molar-refractivity contribution in [2.24, 2.45) is 0 Å². The van der Waals surface area contributed by atoms with Crippen LogP contribution in [0.1, 0.15) is 119 Å². The lowest BCUT2D eigenvalue weighted by Crippen LogP contribution is -2.08. The van der Waals surface area contributed by atoms with Gasteiger partial charge in [-0.3, -0.25) is 4.79 Å². The summed E-state index contributed by atoms with van der Waals surface area (Å²) < 4.78 is 0. The van der Waals surface area contributed by atoms with Gasteiger partial charge in [-0.15, -0.1) is 0 Å². The Bertz CT molecular complexity index is 677. The van der Waals surface area contributed by atoms with Crippen LogP contribution in [0.2, 0.25) is 10.0 Å². The second-order valence-electron chi connectivity index (χ2n) is 7.83. The molecule has 0 aliphatic rings. The third-order valence-electron chi connectivity index (χ3n) is 4.44. The minimum absolute atomic E-state index is 0.0511. The standard InChI is InChI=1S/C12H14Cl2O.C8H11Cl.2C4H10.C2H7N.C2H6/c1-3-4-10(8(2)15)9-5-6-11(13)12(14)7-9;1-4-6-8(9)7(3)5-2;2*1-3-4-2;1-3-2;1-2/h5-7,10H,3-4H2,1-2H3;4,6H,1,3,5H2,2H3;2*3-4H2,1-2H3;3H,1-2H3;1-2H3/b;8-6+;;;;. The number of unbranched alkanes of at least 4 members (excludes halogenated alkanes) is 2. The molecule has 5 heteroatoms. The summed E-state index contributed by atoms with van der Waals surface area (Å²) in [4.78, 5) is 11.5. The fourth-order valence-electron chi connectivity index (χ4n) is 2.01. The number of Topliss-reactive ketones (excluding diaryl/α,β-unsaturated/α-hetero) is 1. The van der Waals surface area contributed by atoms with Gasteiger partial charge >= 0.3 is 0 Å². The molecule has 37 heavy (non-hydrogen) atoms. The van der Waals surface area contributed by atoms with Crippen LogP contribution < -0.4 is 5.32 Å². The molecule has 1 rings (SSSR count). The smallest absolute Gasteiger partial charge is 0.137 e. The first-order valence-corrected chi connectivity index (χ1v) is 14.9. The molecule has 1 aromatic carbocycles. The second kappa shape index (κ2) is 37.1. The van der Waals surface area contributed by atoms with Gasteiger partial charge in [-0.1, -0.05) is 148 Å². The Hall–Kier alpha value is -1.06. The molecule has 0 radical (unpaired) electrons. The molecule has 1 unspecified atom stereocenters. The summed E-state index contributed by atoms with van der Waals surface area (Å²) in [5.74, 6) is 0.125. The second-order valence-corrected chi connectivity index (χ2v) is 9.05. The Morgan fingerprint density at radius 2 is 1.35 bits per heavy atom. The van der Waals surface area contributed by atoms with Crippen LogP contribution in [0.15, 0.2) is 54.1 Å². The summed E-state index contributed by atoms with van der Waals surface area (Å²) in [6.07, 6.45) is 11.4. The van der Waals surface area contributed by atoms with Crippen molar-refractivity contribution in [2.75, 3.05) is 14.1 Å². The number of carbonyl (C=O) groups excluding carboxylic acids is 1. The Morgan fingerprint density at radius 1 is 0.919 bits per heavy atom. The van der Waals surface area contributed by atoms with Gasteiger partial charge in [0, 0.05) is 11.0 Å². The van der Waals surface area contributed by atoms with Crippen molar-refractivity contribution in [1.29, 1.82) is 0 Å². The number of rotatable bonds is 9. The lowest BCUT2D eigenvalue weighted by atomic mass is 9.91.